The van der Waals surface area contributed by atoms with Gasteiger partial charge in [0, 0.05) is 22.2 Å². The molecule has 25 heavy (non-hydrogen) atoms. The molecule has 1 aliphatic rings. The second-order valence-corrected chi connectivity index (χ2v) is 6.77. The summed E-state index contributed by atoms with van der Waals surface area (Å²) in [5.41, 5.74) is 4.33. The molecule has 1 aliphatic heterocycles. The molecule has 0 bridgehead atoms. The zero-order chi connectivity index (χ0) is 17.2. The van der Waals surface area contributed by atoms with Crippen LogP contribution in [0.4, 0.5) is 0 Å². The van der Waals surface area contributed by atoms with Crippen molar-refractivity contribution in [2.24, 2.45) is 0 Å². The van der Waals surface area contributed by atoms with E-state index in [1.807, 2.05) is 36.4 Å². The number of benzene rings is 2. The summed E-state index contributed by atoms with van der Waals surface area (Å²) in [7, 11) is 0. The van der Waals surface area contributed by atoms with Gasteiger partial charge in [0.1, 0.15) is 0 Å². The molecule has 3 aromatic rings. The van der Waals surface area contributed by atoms with Gasteiger partial charge in [0.2, 0.25) is 6.79 Å². The molecule has 2 heterocycles. The van der Waals surface area contributed by atoms with Gasteiger partial charge in [0.05, 0.1) is 6.61 Å². The number of pyridine rings is 1. The summed E-state index contributed by atoms with van der Waals surface area (Å²) >= 11 is 3.60. The van der Waals surface area contributed by atoms with E-state index in [1.165, 1.54) is 0 Å². The fraction of sp³-hybridized carbons (Fsp3) is 0.150. The summed E-state index contributed by atoms with van der Waals surface area (Å²) in [6.07, 6.45) is 4.12. The number of hydrogen-bond donors (Lipinski definition) is 1. The average molecular weight is 399 g/mol. The second-order valence-electron chi connectivity index (χ2n) is 5.91. The predicted octanol–water partition coefficient (Wildman–Crippen LogP) is 3.67. The van der Waals surface area contributed by atoms with Gasteiger partial charge in [-0.2, -0.15) is 0 Å². The first kappa shape index (κ1) is 16.1. The van der Waals surface area contributed by atoms with Crippen molar-refractivity contribution in [2.75, 3.05) is 6.79 Å². The number of aliphatic hydroxyl groups excluding tert-OH is 1. The van der Waals surface area contributed by atoms with Gasteiger partial charge >= 0.3 is 0 Å². The molecule has 0 fully saturated rings. The summed E-state index contributed by atoms with van der Waals surface area (Å²) in [4.78, 5) is 0. The summed E-state index contributed by atoms with van der Waals surface area (Å²) in [5, 5.41) is 9.13. The molecule has 0 spiro atoms. The van der Waals surface area contributed by atoms with Gasteiger partial charge in [-0.05, 0) is 28.8 Å². The van der Waals surface area contributed by atoms with E-state index in [9.17, 15) is 0 Å². The number of nitrogens with zero attached hydrogens (tertiary/aromatic N) is 1. The van der Waals surface area contributed by atoms with E-state index in [2.05, 4.69) is 45.0 Å². The van der Waals surface area contributed by atoms with Crippen molar-refractivity contribution in [3.8, 4) is 22.6 Å². The van der Waals surface area contributed by atoms with E-state index in [-0.39, 0.29) is 13.4 Å². The molecular formula is C20H17BrNO3+. The standard InChI is InChI=1S/C20H17BrNO3/c21-18-10-20-19(24-13-25-20)9-17(18)11-22-7-5-16(6-8-22)15-3-1-14(12-23)2-4-15/h1-10,23H,11-13H2/q+1. The normalized spacial score (nSPS) is 12.4. The lowest BCUT2D eigenvalue weighted by Gasteiger charge is -2.05. The Kier molecular flexibility index (Phi) is 4.42. The van der Waals surface area contributed by atoms with Crippen LogP contribution in [0.5, 0.6) is 11.5 Å². The van der Waals surface area contributed by atoms with Gasteiger partial charge in [-0.1, -0.05) is 40.2 Å². The fourth-order valence-corrected chi connectivity index (χ4v) is 3.28. The minimum atomic E-state index is 0.0689. The first-order chi connectivity index (χ1) is 12.2. The molecule has 0 unspecified atom stereocenters. The van der Waals surface area contributed by atoms with Crippen molar-refractivity contribution < 1.29 is 19.1 Å². The topological polar surface area (TPSA) is 42.6 Å². The maximum absolute atomic E-state index is 9.13. The van der Waals surface area contributed by atoms with Crippen molar-refractivity contribution in [1.29, 1.82) is 0 Å². The molecule has 0 saturated heterocycles. The number of aromatic nitrogens is 1. The predicted molar refractivity (Wildman–Crippen MR) is 97.4 cm³/mol. The number of aliphatic hydroxyl groups is 1. The van der Waals surface area contributed by atoms with Crippen molar-refractivity contribution in [3.05, 3.63) is 76.5 Å². The molecule has 4 rings (SSSR count). The summed E-state index contributed by atoms with van der Waals surface area (Å²) in [5.74, 6) is 1.57. The summed E-state index contributed by atoms with van der Waals surface area (Å²) < 4.78 is 14.0. The third-order valence-electron chi connectivity index (χ3n) is 4.26. The third-order valence-corrected chi connectivity index (χ3v) is 4.99. The maximum atomic E-state index is 9.13. The van der Waals surface area contributed by atoms with Crippen LogP contribution in [0.2, 0.25) is 0 Å². The van der Waals surface area contributed by atoms with Gasteiger partial charge in [-0.3, -0.25) is 0 Å². The van der Waals surface area contributed by atoms with Gasteiger partial charge in [-0.15, -0.1) is 0 Å². The largest absolute Gasteiger partial charge is 0.454 e. The highest BCUT2D eigenvalue weighted by Crippen LogP contribution is 2.36. The van der Waals surface area contributed by atoms with E-state index in [0.29, 0.717) is 0 Å². The monoisotopic (exact) mass is 398 g/mol. The highest BCUT2D eigenvalue weighted by molar-refractivity contribution is 9.10. The Hall–Kier alpha value is -2.37. The van der Waals surface area contributed by atoms with Crippen LogP contribution in [-0.4, -0.2) is 11.9 Å². The maximum Gasteiger partial charge on any atom is 0.231 e. The van der Waals surface area contributed by atoms with Gasteiger partial charge in [-0.25, -0.2) is 4.57 Å². The van der Waals surface area contributed by atoms with Crippen molar-refractivity contribution in [2.45, 2.75) is 13.2 Å². The van der Waals surface area contributed by atoms with E-state index in [0.717, 1.165) is 44.8 Å². The van der Waals surface area contributed by atoms with Crippen molar-refractivity contribution >= 4 is 15.9 Å². The number of hydrogen-bond acceptors (Lipinski definition) is 3. The number of fused-ring (bicyclic) bond motifs is 1. The lowest BCUT2D eigenvalue weighted by Crippen LogP contribution is -2.33. The second kappa shape index (κ2) is 6.86. The molecule has 1 aromatic heterocycles. The quantitative estimate of drug-likeness (QED) is 0.681. The number of halogens is 1. The van der Waals surface area contributed by atoms with E-state index < -0.39 is 0 Å². The summed E-state index contributed by atoms with van der Waals surface area (Å²) in [6, 6.07) is 16.1. The average Bonchev–Trinajstić information content (AvgIpc) is 3.10. The minimum Gasteiger partial charge on any atom is -0.454 e. The molecule has 0 atom stereocenters. The van der Waals surface area contributed by atoms with Crippen LogP contribution in [0, 0.1) is 0 Å². The zero-order valence-corrected chi connectivity index (χ0v) is 15.1. The van der Waals surface area contributed by atoms with Crippen LogP contribution >= 0.6 is 15.9 Å². The highest BCUT2D eigenvalue weighted by atomic mass is 79.9. The van der Waals surface area contributed by atoms with Crippen LogP contribution in [-0.2, 0) is 13.2 Å². The Balaban J connectivity index is 1.54. The molecule has 5 heteroatoms. The molecular weight excluding hydrogens is 382 g/mol. The van der Waals surface area contributed by atoms with Gasteiger partial charge in [0.15, 0.2) is 30.4 Å². The smallest absolute Gasteiger partial charge is 0.231 e. The Bertz CT molecular complexity index is 892. The van der Waals surface area contributed by atoms with Crippen LogP contribution in [0.15, 0.2) is 65.4 Å². The van der Waals surface area contributed by atoms with E-state index >= 15 is 0 Å². The van der Waals surface area contributed by atoms with Crippen LogP contribution in [0.25, 0.3) is 11.1 Å². The molecule has 2 aromatic carbocycles. The highest BCUT2D eigenvalue weighted by Gasteiger charge is 2.18. The molecule has 0 aliphatic carbocycles. The molecule has 0 saturated carbocycles. The Morgan fingerprint density at radius 1 is 0.920 bits per heavy atom. The fourth-order valence-electron chi connectivity index (χ4n) is 2.83. The lowest BCUT2D eigenvalue weighted by atomic mass is 10.1. The lowest BCUT2D eigenvalue weighted by molar-refractivity contribution is -0.688. The van der Waals surface area contributed by atoms with Gasteiger partial charge < -0.3 is 14.6 Å². The Morgan fingerprint density at radius 2 is 1.56 bits per heavy atom. The molecule has 4 nitrogen and oxygen atoms in total. The first-order valence-electron chi connectivity index (χ1n) is 8.00. The van der Waals surface area contributed by atoms with Crippen LogP contribution in [0.1, 0.15) is 11.1 Å². The SMILES string of the molecule is OCc1ccc(-c2cc[n+](Cc3cc4c(cc3Br)OCO4)cc2)cc1. The zero-order valence-electron chi connectivity index (χ0n) is 13.5. The molecule has 1 N–H and O–H groups in total. The Morgan fingerprint density at radius 3 is 2.24 bits per heavy atom. The van der Waals surface area contributed by atoms with Crippen molar-refractivity contribution in [3.63, 3.8) is 0 Å². The summed E-state index contributed by atoms with van der Waals surface area (Å²) in [6.45, 7) is 1.09. The number of ether oxygens (including phenoxy) is 2. The Labute approximate surface area is 154 Å². The van der Waals surface area contributed by atoms with Gasteiger partial charge in [0.25, 0.3) is 0 Å². The molecule has 0 amide bonds. The first-order valence-corrected chi connectivity index (χ1v) is 8.79. The minimum absolute atomic E-state index is 0.0689. The molecule has 0 radical (unpaired) electrons. The van der Waals surface area contributed by atoms with Crippen LogP contribution in [0.3, 0.4) is 0 Å². The van der Waals surface area contributed by atoms with Crippen LogP contribution < -0.4 is 14.0 Å². The third kappa shape index (κ3) is 3.38. The number of rotatable bonds is 4. The van der Waals surface area contributed by atoms with E-state index in [4.69, 9.17) is 14.6 Å². The van der Waals surface area contributed by atoms with Crippen molar-refractivity contribution in [1.82, 2.24) is 0 Å². The molecule has 126 valence electrons. The van der Waals surface area contributed by atoms with E-state index in [1.54, 1.807) is 0 Å².